The zero-order chi connectivity index (χ0) is 11.0. The number of carbonyl (C=O) groups excluding carboxylic acids is 1. The fourth-order valence-electron chi connectivity index (χ4n) is 2.26. The Morgan fingerprint density at radius 1 is 1.50 bits per heavy atom. The highest BCUT2D eigenvalue weighted by Crippen LogP contribution is 2.19. The smallest absolute Gasteiger partial charge is 0.181 e. The van der Waals surface area contributed by atoms with Crippen LogP contribution in [0.3, 0.4) is 0 Å². The molecule has 0 radical (unpaired) electrons. The number of nitrogens with one attached hydrogen (secondary N) is 2. The molecule has 1 atom stereocenters. The van der Waals surface area contributed by atoms with Crippen LogP contribution in [0.1, 0.15) is 23.2 Å². The van der Waals surface area contributed by atoms with E-state index in [1.807, 2.05) is 12.1 Å². The second-order valence-electron chi connectivity index (χ2n) is 4.12. The van der Waals surface area contributed by atoms with Gasteiger partial charge in [0, 0.05) is 23.3 Å². The summed E-state index contributed by atoms with van der Waals surface area (Å²) >= 11 is 0. The Bertz CT molecular complexity index is 526. The van der Waals surface area contributed by atoms with Crippen molar-refractivity contribution in [2.24, 2.45) is 0 Å². The van der Waals surface area contributed by atoms with Crippen molar-refractivity contribution in [1.29, 1.82) is 0 Å². The highest BCUT2D eigenvalue weighted by molar-refractivity contribution is 6.09. The first-order chi connectivity index (χ1) is 7.86. The molecule has 3 heterocycles. The van der Waals surface area contributed by atoms with Crippen molar-refractivity contribution in [3.63, 3.8) is 0 Å². The van der Waals surface area contributed by atoms with Crippen LogP contribution in [0.4, 0.5) is 0 Å². The number of carbonyl (C=O) groups is 1. The quantitative estimate of drug-likeness (QED) is 0.746. The lowest BCUT2D eigenvalue weighted by molar-refractivity contribution is 0.0954. The summed E-state index contributed by atoms with van der Waals surface area (Å²) in [5.41, 5.74) is 1.53. The van der Waals surface area contributed by atoms with Gasteiger partial charge in [-0.25, -0.2) is 4.98 Å². The molecule has 3 rings (SSSR count). The number of hydrogen-bond acceptors (Lipinski definition) is 3. The van der Waals surface area contributed by atoms with E-state index in [0.29, 0.717) is 0 Å². The topological polar surface area (TPSA) is 57.8 Å². The number of hydrogen-bond donors (Lipinski definition) is 2. The van der Waals surface area contributed by atoms with Crippen molar-refractivity contribution < 1.29 is 4.79 Å². The molecule has 1 fully saturated rings. The number of aromatic nitrogens is 2. The zero-order valence-corrected chi connectivity index (χ0v) is 8.86. The lowest BCUT2D eigenvalue weighted by atomic mass is 10.0. The minimum atomic E-state index is -0.0146. The van der Waals surface area contributed by atoms with Crippen molar-refractivity contribution in [2.75, 3.05) is 6.54 Å². The number of nitrogens with zero attached hydrogens (tertiary/aromatic N) is 1. The van der Waals surface area contributed by atoms with E-state index in [-0.39, 0.29) is 11.8 Å². The first kappa shape index (κ1) is 9.54. The number of pyridine rings is 1. The molecule has 2 N–H and O–H groups in total. The SMILES string of the molecule is O=C(c1c[nH]c2ncccc12)C1CCCN1. The number of rotatable bonds is 2. The fraction of sp³-hybridized carbons (Fsp3) is 0.333. The molecule has 16 heavy (non-hydrogen) atoms. The van der Waals surface area contributed by atoms with Crippen molar-refractivity contribution in [3.05, 3.63) is 30.1 Å². The maximum absolute atomic E-state index is 12.2. The minimum Gasteiger partial charge on any atom is -0.345 e. The van der Waals surface area contributed by atoms with E-state index in [4.69, 9.17) is 0 Å². The first-order valence-corrected chi connectivity index (χ1v) is 5.56. The molecule has 2 aromatic heterocycles. The maximum Gasteiger partial charge on any atom is 0.181 e. The summed E-state index contributed by atoms with van der Waals surface area (Å²) in [6, 6.07) is 3.77. The molecule has 4 nitrogen and oxygen atoms in total. The number of H-pyrrole nitrogens is 1. The molecule has 0 aromatic carbocycles. The molecule has 0 saturated carbocycles. The normalized spacial score (nSPS) is 20.4. The van der Waals surface area contributed by atoms with Crippen molar-refractivity contribution in [3.8, 4) is 0 Å². The van der Waals surface area contributed by atoms with Gasteiger partial charge >= 0.3 is 0 Å². The van der Waals surface area contributed by atoms with Crippen molar-refractivity contribution >= 4 is 16.8 Å². The second-order valence-corrected chi connectivity index (χ2v) is 4.12. The fourth-order valence-corrected chi connectivity index (χ4v) is 2.26. The van der Waals surface area contributed by atoms with E-state index in [2.05, 4.69) is 15.3 Å². The average Bonchev–Trinajstić information content (AvgIpc) is 2.98. The molecule has 0 aliphatic carbocycles. The Balaban J connectivity index is 2.02. The Kier molecular flexibility index (Phi) is 2.22. The summed E-state index contributed by atoms with van der Waals surface area (Å²) in [4.78, 5) is 19.4. The molecule has 2 aromatic rings. The number of Topliss-reactive ketones (excluding diaryl/α,β-unsaturated/α-hetero) is 1. The third-order valence-corrected chi connectivity index (χ3v) is 3.09. The molecule has 0 bridgehead atoms. The van der Waals surface area contributed by atoms with Gasteiger partial charge in [-0.05, 0) is 31.5 Å². The average molecular weight is 215 g/mol. The minimum absolute atomic E-state index is 0.0146. The van der Waals surface area contributed by atoms with Crippen LogP contribution in [0.15, 0.2) is 24.5 Å². The van der Waals surface area contributed by atoms with Crippen LogP contribution < -0.4 is 5.32 Å². The molecule has 4 heteroatoms. The van der Waals surface area contributed by atoms with E-state index in [9.17, 15) is 4.79 Å². The summed E-state index contributed by atoms with van der Waals surface area (Å²) in [5.74, 6) is 0.178. The van der Waals surface area contributed by atoms with Gasteiger partial charge in [-0.3, -0.25) is 4.79 Å². The van der Waals surface area contributed by atoms with Crippen LogP contribution in [0.2, 0.25) is 0 Å². The monoisotopic (exact) mass is 215 g/mol. The zero-order valence-electron chi connectivity index (χ0n) is 8.86. The van der Waals surface area contributed by atoms with E-state index in [1.165, 1.54) is 0 Å². The van der Waals surface area contributed by atoms with Gasteiger partial charge in [0.05, 0.1) is 6.04 Å². The predicted octanol–water partition coefficient (Wildman–Crippen LogP) is 1.50. The Hall–Kier alpha value is -1.68. The molecular weight excluding hydrogens is 202 g/mol. The van der Waals surface area contributed by atoms with Gasteiger partial charge in [0.15, 0.2) is 5.78 Å². The van der Waals surface area contributed by atoms with Crippen LogP contribution in [0.25, 0.3) is 11.0 Å². The molecular formula is C12H13N3O. The Morgan fingerprint density at radius 2 is 2.44 bits per heavy atom. The lowest BCUT2D eigenvalue weighted by Crippen LogP contribution is -2.30. The number of fused-ring (bicyclic) bond motifs is 1. The highest BCUT2D eigenvalue weighted by atomic mass is 16.1. The van der Waals surface area contributed by atoms with Gasteiger partial charge in [-0.15, -0.1) is 0 Å². The second kappa shape index (κ2) is 3.72. The van der Waals surface area contributed by atoms with Crippen molar-refractivity contribution in [1.82, 2.24) is 15.3 Å². The lowest BCUT2D eigenvalue weighted by Gasteiger charge is -2.07. The molecule has 0 amide bonds. The van der Waals surface area contributed by atoms with Crippen LogP contribution in [-0.4, -0.2) is 28.3 Å². The molecule has 1 aliphatic rings. The molecule has 1 aliphatic heterocycles. The number of ketones is 1. The van der Waals surface area contributed by atoms with E-state index >= 15 is 0 Å². The third kappa shape index (κ3) is 1.42. The van der Waals surface area contributed by atoms with Gasteiger partial charge in [0.2, 0.25) is 0 Å². The predicted molar refractivity (Wildman–Crippen MR) is 61.4 cm³/mol. The van der Waals surface area contributed by atoms with Gasteiger partial charge < -0.3 is 10.3 Å². The summed E-state index contributed by atoms with van der Waals surface area (Å²) in [6.07, 6.45) is 5.50. The Morgan fingerprint density at radius 3 is 3.25 bits per heavy atom. The van der Waals surface area contributed by atoms with Gasteiger partial charge in [-0.1, -0.05) is 0 Å². The molecule has 82 valence electrons. The summed E-state index contributed by atoms with van der Waals surface area (Å²) in [7, 11) is 0. The van der Waals surface area contributed by atoms with Crippen LogP contribution in [-0.2, 0) is 0 Å². The molecule has 1 unspecified atom stereocenters. The summed E-state index contributed by atoms with van der Waals surface area (Å²) < 4.78 is 0. The van der Waals surface area contributed by atoms with Gasteiger partial charge in [-0.2, -0.15) is 0 Å². The molecule has 0 spiro atoms. The summed E-state index contributed by atoms with van der Waals surface area (Å²) in [6.45, 7) is 0.941. The van der Waals surface area contributed by atoms with Crippen LogP contribution in [0, 0.1) is 0 Å². The maximum atomic E-state index is 12.2. The third-order valence-electron chi connectivity index (χ3n) is 3.09. The van der Waals surface area contributed by atoms with Gasteiger partial charge in [0.25, 0.3) is 0 Å². The Labute approximate surface area is 93.1 Å². The van der Waals surface area contributed by atoms with E-state index in [1.54, 1.807) is 12.4 Å². The largest absolute Gasteiger partial charge is 0.345 e. The van der Waals surface area contributed by atoms with Crippen molar-refractivity contribution in [2.45, 2.75) is 18.9 Å². The summed E-state index contributed by atoms with van der Waals surface area (Å²) in [5, 5.41) is 4.14. The molecule has 1 saturated heterocycles. The van der Waals surface area contributed by atoms with Crippen LogP contribution in [0.5, 0.6) is 0 Å². The van der Waals surface area contributed by atoms with E-state index in [0.717, 1.165) is 36.0 Å². The highest BCUT2D eigenvalue weighted by Gasteiger charge is 2.25. The van der Waals surface area contributed by atoms with Gasteiger partial charge in [0.1, 0.15) is 5.65 Å². The van der Waals surface area contributed by atoms with E-state index < -0.39 is 0 Å². The number of aromatic amines is 1. The van der Waals surface area contributed by atoms with Crippen LogP contribution >= 0.6 is 0 Å². The first-order valence-electron chi connectivity index (χ1n) is 5.56. The standard InChI is InChI=1S/C12H13N3O/c16-11(10-4-2-5-13-10)9-7-15-12-8(9)3-1-6-14-12/h1,3,6-7,10,13H,2,4-5H2,(H,14,15).